The SMILES string of the molecule is COCCn1c(C)cc(C2C(c3ccccn3)NC(=S)N2CCC(=O)Nc2ccccc2F)c1C. The highest BCUT2D eigenvalue weighted by Gasteiger charge is 2.41. The second-order valence-electron chi connectivity index (χ2n) is 8.57. The maximum Gasteiger partial charge on any atom is 0.226 e. The van der Waals surface area contributed by atoms with E-state index >= 15 is 0 Å². The number of aromatic nitrogens is 2. The Bertz CT molecular complexity index is 1200. The van der Waals surface area contributed by atoms with Crippen molar-refractivity contribution < 1.29 is 13.9 Å². The van der Waals surface area contributed by atoms with Crippen LogP contribution in [0.25, 0.3) is 0 Å². The van der Waals surface area contributed by atoms with Crippen LogP contribution in [-0.4, -0.2) is 45.7 Å². The maximum atomic E-state index is 14.0. The number of hydrogen-bond donors (Lipinski definition) is 2. The Balaban J connectivity index is 1.61. The van der Waals surface area contributed by atoms with E-state index in [0.29, 0.717) is 18.3 Å². The highest BCUT2D eigenvalue weighted by atomic mass is 32.1. The number of benzene rings is 1. The number of rotatable bonds is 9. The van der Waals surface area contributed by atoms with Gasteiger partial charge in [-0.15, -0.1) is 0 Å². The van der Waals surface area contributed by atoms with Crippen LogP contribution < -0.4 is 10.6 Å². The molecule has 2 N–H and O–H groups in total. The summed E-state index contributed by atoms with van der Waals surface area (Å²) in [6.07, 6.45) is 1.92. The molecule has 1 aromatic carbocycles. The number of halogens is 1. The molecular weight excluding hydrogens is 465 g/mol. The molecule has 0 radical (unpaired) electrons. The Morgan fingerprint density at radius 3 is 2.69 bits per heavy atom. The summed E-state index contributed by atoms with van der Waals surface area (Å²) in [5.74, 6) is -0.737. The minimum Gasteiger partial charge on any atom is -0.383 e. The molecule has 9 heteroatoms. The molecule has 0 saturated carbocycles. The summed E-state index contributed by atoms with van der Waals surface area (Å²) >= 11 is 5.72. The monoisotopic (exact) mass is 495 g/mol. The molecule has 3 heterocycles. The van der Waals surface area contributed by atoms with Crippen molar-refractivity contribution in [3.8, 4) is 0 Å². The van der Waals surface area contributed by atoms with Gasteiger partial charge in [0, 0.05) is 44.2 Å². The van der Waals surface area contributed by atoms with Gasteiger partial charge in [0.1, 0.15) is 5.82 Å². The lowest BCUT2D eigenvalue weighted by atomic mass is 9.96. The van der Waals surface area contributed by atoms with Crippen molar-refractivity contribution in [2.45, 2.75) is 38.9 Å². The number of pyridine rings is 1. The minimum absolute atomic E-state index is 0.152. The number of carbonyl (C=O) groups is 1. The van der Waals surface area contributed by atoms with Crippen molar-refractivity contribution in [2.24, 2.45) is 0 Å². The van der Waals surface area contributed by atoms with Gasteiger partial charge < -0.3 is 24.8 Å². The lowest BCUT2D eigenvalue weighted by molar-refractivity contribution is -0.116. The summed E-state index contributed by atoms with van der Waals surface area (Å²) in [4.78, 5) is 19.3. The van der Waals surface area contributed by atoms with Crippen LogP contribution in [0.15, 0.2) is 54.7 Å². The molecule has 1 saturated heterocycles. The summed E-state index contributed by atoms with van der Waals surface area (Å²) in [5, 5.41) is 6.64. The van der Waals surface area contributed by atoms with E-state index in [4.69, 9.17) is 17.0 Å². The third-order valence-corrected chi connectivity index (χ3v) is 6.73. The molecule has 1 aliphatic heterocycles. The maximum absolute atomic E-state index is 14.0. The van der Waals surface area contributed by atoms with E-state index in [2.05, 4.69) is 40.1 Å². The average molecular weight is 496 g/mol. The van der Waals surface area contributed by atoms with Crippen molar-refractivity contribution in [2.75, 3.05) is 25.6 Å². The summed E-state index contributed by atoms with van der Waals surface area (Å²) in [6, 6.07) is 13.8. The molecule has 0 aliphatic carbocycles. The fourth-order valence-corrected chi connectivity index (χ4v) is 4.97. The standard InChI is InChI=1S/C26H30FN5O2S/c1-17-16-19(18(2)31(17)14-15-34-3)25-24(22-10-6-7-12-28-22)30-26(35)32(25)13-11-23(33)29-21-9-5-4-8-20(21)27/h4-10,12,16,24-25H,11,13-15H2,1-3H3,(H,29,33)(H,30,35). The van der Waals surface area contributed by atoms with Gasteiger partial charge >= 0.3 is 0 Å². The second kappa shape index (κ2) is 11.0. The van der Waals surface area contributed by atoms with Crippen LogP contribution in [0.5, 0.6) is 0 Å². The number of carbonyl (C=O) groups excluding carboxylic acids is 1. The van der Waals surface area contributed by atoms with Gasteiger partial charge in [-0.25, -0.2) is 4.39 Å². The van der Waals surface area contributed by atoms with Crippen molar-refractivity contribution >= 4 is 28.9 Å². The van der Waals surface area contributed by atoms with Crippen molar-refractivity contribution in [1.82, 2.24) is 19.8 Å². The van der Waals surface area contributed by atoms with Crippen LogP contribution in [0, 0.1) is 19.7 Å². The molecule has 35 heavy (non-hydrogen) atoms. The molecule has 7 nitrogen and oxygen atoms in total. The normalized spacial score (nSPS) is 17.5. The number of methoxy groups -OCH3 is 1. The summed E-state index contributed by atoms with van der Waals surface area (Å²) in [6.45, 7) is 5.91. The Morgan fingerprint density at radius 1 is 1.20 bits per heavy atom. The number of nitrogens with one attached hydrogen (secondary N) is 2. The fraction of sp³-hybridized carbons (Fsp3) is 0.346. The molecular formula is C26H30FN5O2S. The van der Waals surface area contributed by atoms with Crippen LogP contribution >= 0.6 is 12.2 Å². The van der Waals surface area contributed by atoms with E-state index in [1.807, 2.05) is 23.1 Å². The van der Waals surface area contributed by atoms with Crippen LogP contribution in [-0.2, 0) is 16.1 Å². The van der Waals surface area contributed by atoms with Crippen LogP contribution in [0.2, 0.25) is 0 Å². The zero-order valence-corrected chi connectivity index (χ0v) is 20.9. The van der Waals surface area contributed by atoms with Gasteiger partial charge in [0.15, 0.2) is 5.11 Å². The van der Waals surface area contributed by atoms with Gasteiger partial charge in [-0.1, -0.05) is 18.2 Å². The van der Waals surface area contributed by atoms with Crippen LogP contribution in [0.3, 0.4) is 0 Å². The lowest BCUT2D eigenvalue weighted by Crippen LogP contribution is -2.33. The smallest absolute Gasteiger partial charge is 0.226 e. The molecule has 1 fully saturated rings. The summed E-state index contributed by atoms with van der Waals surface area (Å²) in [7, 11) is 1.69. The van der Waals surface area contributed by atoms with E-state index in [0.717, 1.165) is 29.2 Å². The molecule has 1 aliphatic rings. The summed E-state index contributed by atoms with van der Waals surface area (Å²) < 4.78 is 21.5. The molecule has 4 rings (SSSR count). The molecule has 2 unspecified atom stereocenters. The van der Waals surface area contributed by atoms with Crippen molar-refractivity contribution in [1.29, 1.82) is 0 Å². The molecule has 184 valence electrons. The van der Waals surface area contributed by atoms with Gasteiger partial charge in [0.2, 0.25) is 5.91 Å². The molecule has 1 amide bonds. The Labute approximate surface area is 210 Å². The molecule has 3 aromatic rings. The predicted octanol–water partition coefficient (Wildman–Crippen LogP) is 4.29. The van der Waals surface area contributed by atoms with Crippen LogP contribution in [0.1, 0.15) is 41.1 Å². The van der Waals surface area contributed by atoms with Crippen molar-refractivity contribution in [3.63, 3.8) is 0 Å². The second-order valence-corrected chi connectivity index (χ2v) is 8.96. The molecule has 0 bridgehead atoms. The van der Waals surface area contributed by atoms with Gasteiger partial charge in [-0.05, 0) is 62.0 Å². The highest BCUT2D eigenvalue weighted by molar-refractivity contribution is 7.80. The predicted molar refractivity (Wildman–Crippen MR) is 138 cm³/mol. The van der Waals surface area contributed by atoms with E-state index < -0.39 is 5.82 Å². The number of aryl methyl sites for hydroxylation is 1. The highest BCUT2D eigenvalue weighted by Crippen LogP contribution is 2.40. The van der Waals surface area contributed by atoms with Gasteiger partial charge in [-0.2, -0.15) is 0 Å². The quantitative estimate of drug-likeness (QED) is 0.432. The Kier molecular flexibility index (Phi) is 7.77. The fourth-order valence-electron chi connectivity index (χ4n) is 4.64. The van der Waals surface area contributed by atoms with E-state index in [-0.39, 0.29) is 30.1 Å². The molecule has 2 atom stereocenters. The number of hydrogen-bond acceptors (Lipinski definition) is 4. The molecule has 0 spiro atoms. The first-order valence-electron chi connectivity index (χ1n) is 11.6. The number of amides is 1. The van der Waals surface area contributed by atoms with Crippen molar-refractivity contribution in [3.05, 3.63) is 83.2 Å². The van der Waals surface area contributed by atoms with Gasteiger partial charge in [0.25, 0.3) is 0 Å². The van der Waals surface area contributed by atoms with Gasteiger partial charge in [-0.3, -0.25) is 9.78 Å². The number of anilines is 1. The lowest BCUT2D eigenvalue weighted by Gasteiger charge is -2.28. The average Bonchev–Trinajstić information content (AvgIpc) is 3.33. The summed E-state index contributed by atoms with van der Waals surface area (Å²) in [5.41, 5.74) is 4.42. The first-order chi connectivity index (χ1) is 16.9. The number of nitrogens with zero attached hydrogens (tertiary/aromatic N) is 3. The number of thiocarbonyl (C=S) groups is 1. The Hall–Kier alpha value is -3.30. The first kappa shape index (κ1) is 24.8. The zero-order chi connectivity index (χ0) is 24.9. The first-order valence-corrected chi connectivity index (χ1v) is 12.0. The number of para-hydroxylation sites is 1. The zero-order valence-electron chi connectivity index (χ0n) is 20.1. The van der Waals surface area contributed by atoms with Gasteiger partial charge in [0.05, 0.1) is 30.1 Å². The molecule has 2 aromatic heterocycles. The van der Waals surface area contributed by atoms with Crippen LogP contribution in [0.4, 0.5) is 10.1 Å². The number of ether oxygens (including phenoxy) is 1. The van der Waals surface area contributed by atoms with E-state index in [1.165, 1.54) is 6.07 Å². The van der Waals surface area contributed by atoms with E-state index in [1.54, 1.807) is 31.5 Å². The minimum atomic E-state index is -0.462. The Morgan fingerprint density at radius 2 is 1.97 bits per heavy atom. The third kappa shape index (κ3) is 5.36. The van der Waals surface area contributed by atoms with E-state index in [9.17, 15) is 9.18 Å². The largest absolute Gasteiger partial charge is 0.383 e. The third-order valence-electron chi connectivity index (χ3n) is 6.38. The topological polar surface area (TPSA) is 71.4 Å².